The lowest BCUT2D eigenvalue weighted by molar-refractivity contribution is 0.101. The maximum Gasteiger partial charge on any atom is 0.295 e. The van der Waals surface area contributed by atoms with Gasteiger partial charge in [-0.1, -0.05) is 30.3 Å². The molecule has 0 radical (unpaired) electrons. The Bertz CT molecular complexity index is 1390. The molecule has 1 amide bonds. The number of hydrogen-bond acceptors (Lipinski definition) is 6. The van der Waals surface area contributed by atoms with Crippen LogP contribution in [0.2, 0.25) is 0 Å². The zero-order valence-corrected chi connectivity index (χ0v) is 14.9. The van der Waals surface area contributed by atoms with E-state index in [1.54, 1.807) is 36.7 Å². The van der Waals surface area contributed by atoms with Crippen molar-refractivity contribution in [2.75, 3.05) is 5.32 Å². The first-order chi connectivity index (χ1) is 14.2. The molecule has 5 rings (SSSR count). The number of hydrogen-bond donors (Lipinski definition) is 2. The molecule has 29 heavy (non-hydrogen) atoms. The Kier molecular flexibility index (Phi) is 3.84. The number of benzene rings is 2. The number of aromatic nitrogens is 6. The molecule has 9 nitrogen and oxygen atoms in total. The molecule has 0 aliphatic rings. The van der Waals surface area contributed by atoms with Gasteiger partial charge in [0.15, 0.2) is 0 Å². The normalized spacial score (nSPS) is 11.0. The largest absolute Gasteiger partial charge is 0.319 e. The molecule has 0 aliphatic heterocycles. The van der Waals surface area contributed by atoms with E-state index in [9.17, 15) is 9.59 Å². The van der Waals surface area contributed by atoms with Gasteiger partial charge in [-0.05, 0) is 24.3 Å². The minimum Gasteiger partial charge on any atom is -0.319 e. The molecule has 140 valence electrons. The Labute approximate surface area is 163 Å². The lowest BCUT2D eigenvalue weighted by Gasteiger charge is -2.07. The fraction of sp³-hybridized carbons (Fsp3) is 0. The van der Waals surface area contributed by atoms with Crippen molar-refractivity contribution >= 4 is 28.1 Å². The summed E-state index contributed by atoms with van der Waals surface area (Å²) in [4.78, 5) is 32.5. The molecule has 0 unspecified atom stereocenters. The van der Waals surface area contributed by atoms with Crippen LogP contribution in [0.15, 0.2) is 71.8 Å². The van der Waals surface area contributed by atoms with E-state index < -0.39 is 5.91 Å². The summed E-state index contributed by atoms with van der Waals surface area (Å²) in [5, 5.41) is 14.9. The molecule has 3 aromatic heterocycles. The summed E-state index contributed by atoms with van der Waals surface area (Å²) in [6, 6.07) is 16.1. The fourth-order valence-electron chi connectivity index (χ4n) is 3.06. The highest BCUT2D eigenvalue weighted by Gasteiger charge is 2.14. The molecule has 0 saturated carbocycles. The Morgan fingerprint density at radius 3 is 2.59 bits per heavy atom. The van der Waals surface area contributed by atoms with Crippen LogP contribution in [-0.2, 0) is 0 Å². The zero-order valence-electron chi connectivity index (χ0n) is 14.9. The maximum atomic E-state index is 12.4. The van der Waals surface area contributed by atoms with Crippen LogP contribution < -0.4 is 10.9 Å². The molecule has 9 heteroatoms. The summed E-state index contributed by atoms with van der Waals surface area (Å²) in [6.07, 6.45) is 3.25. The Morgan fingerprint density at radius 1 is 1.00 bits per heavy atom. The van der Waals surface area contributed by atoms with E-state index >= 15 is 0 Å². The van der Waals surface area contributed by atoms with Gasteiger partial charge in [0.1, 0.15) is 0 Å². The van der Waals surface area contributed by atoms with Crippen molar-refractivity contribution in [1.82, 2.24) is 29.8 Å². The number of aromatic amines is 1. The Morgan fingerprint density at radius 2 is 1.79 bits per heavy atom. The summed E-state index contributed by atoms with van der Waals surface area (Å²) in [7, 11) is 0. The van der Waals surface area contributed by atoms with Crippen molar-refractivity contribution < 1.29 is 4.79 Å². The number of nitrogens with zero attached hydrogens (tertiary/aromatic N) is 5. The standard InChI is InChI=1S/C20H13N7O2/c28-18-15-5-2-1-4-14(15)16(24-25-18)12-6-8-13(9-7-12)22-19(29)17-23-20-21-10-3-11-27(20)26-17/h1-11H,(H,22,29)(H,25,28). The predicted molar refractivity (Wildman–Crippen MR) is 107 cm³/mol. The molecule has 0 fully saturated rings. The van der Waals surface area contributed by atoms with Crippen LogP contribution in [0.3, 0.4) is 0 Å². The van der Waals surface area contributed by atoms with Crippen molar-refractivity contribution in [2.45, 2.75) is 0 Å². The van der Waals surface area contributed by atoms with E-state index in [1.165, 1.54) is 4.52 Å². The third-order valence-corrected chi connectivity index (χ3v) is 4.43. The molecule has 2 N–H and O–H groups in total. The second-order valence-electron chi connectivity index (χ2n) is 6.28. The summed E-state index contributed by atoms with van der Waals surface area (Å²) in [6.45, 7) is 0. The van der Waals surface area contributed by atoms with Gasteiger partial charge in [-0.25, -0.2) is 14.6 Å². The smallest absolute Gasteiger partial charge is 0.295 e. The van der Waals surface area contributed by atoms with Crippen LogP contribution in [0.5, 0.6) is 0 Å². The van der Waals surface area contributed by atoms with Gasteiger partial charge in [-0.3, -0.25) is 9.59 Å². The van der Waals surface area contributed by atoms with Gasteiger partial charge in [0.2, 0.25) is 5.82 Å². The van der Waals surface area contributed by atoms with E-state index in [-0.39, 0.29) is 11.4 Å². The highest BCUT2D eigenvalue weighted by atomic mass is 16.2. The van der Waals surface area contributed by atoms with Gasteiger partial charge in [-0.15, -0.1) is 5.10 Å². The summed E-state index contributed by atoms with van der Waals surface area (Å²) in [5.41, 5.74) is 1.82. The van der Waals surface area contributed by atoms with Crippen molar-refractivity contribution in [3.8, 4) is 11.3 Å². The van der Waals surface area contributed by atoms with E-state index in [0.29, 0.717) is 22.5 Å². The Hall–Kier alpha value is -4.40. The molecule has 5 aromatic rings. The first kappa shape index (κ1) is 16.8. The van der Waals surface area contributed by atoms with Crippen molar-refractivity contribution in [1.29, 1.82) is 0 Å². The molecule has 0 saturated heterocycles. The maximum absolute atomic E-state index is 12.4. The third-order valence-electron chi connectivity index (χ3n) is 4.43. The SMILES string of the molecule is O=C(Nc1ccc(-c2n[nH]c(=O)c3ccccc23)cc1)c1nc2ncccn2n1. The number of anilines is 1. The van der Waals surface area contributed by atoms with Crippen LogP contribution in [0.1, 0.15) is 10.6 Å². The van der Waals surface area contributed by atoms with E-state index in [4.69, 9.17) is 0 Å². The lowest BCUT2D eigenvalue weighted by Crippen LogP contribution is -2.14. The van der Waals surface area contributed by atoms with Crippen LogP contribution in [-0.4, -0.2) is 35.7 Å². The van der Waals surface area contributed by atoms with E-state index in [1.807, 2.05) is 30.3 Å². The first-order valence-electron chi connectivity index (χ1n) is 8.76. The van der Waals surface area contributed by atoms with Crippen LogP contribution in [0.25, 0.3) is 27.8 Å². The number of fused-ring (bicyclic) bond motifs is 2. The average Bonchev–Trinajstić information content (AvgIpc) is 3.20. The summed E-state index contributed by atoms with van der Waals surface area (Å²) >= 11 is 0. The topological polar surface area (TPSA) is 118 Å². The Balaban J connectivity index is 1.43. The van der Waals surface area contributed by atoms with Crippen molar-refractivity contribution in [2.24, 2.45) is 0 Å². The molecule has 0 atom stereocenters. The van der Waals surface area contributed by atoms with Crippen molar-refractivity contribution in [3.05, 3.63) is 83.2 Å². The predicted octanol–water partition coefficient (Wildman–Crippen LogP) is 2.28. The summed E-state index contributed by atoms with van der Waals surface area (Å²) in [5.74, 6) is -0.0547. The number of amides is 1. The molecule has 0 bridgehead atoms. The van der Waals surface area contributed by atoms with E-state index in [2.05, 4.69) is 30.6 Å². The first-order valence-corrected chi connectivity index (χ1v) is 8.76. The van der Waals surface area contributed by atoms with Crippen LogP contribution in [0.4, 0.5) is 5.69 Å². The van der Waals surface area contributed by atoms with Gasteiger partial charge in [0, 0.05) is 29.0 Å². The fourth-order valence-corrected chi connectivity index (χ4v) is 3.06. The highest BCUT2D eigenvalue weighted by molar-refractivity contribution is 6.02. The monoisotopic (exact) mass is 383 g/mol. The van der Waals surface area contributed by atoms with Gasteiger partial charge in [0.25, 0.3) is 17.2 Å². The molecule has 0 aliphatic carbocycles. The van der Waals surface area contributed by atoms with Crippen LogP contribution in [0, 0.1) is 0 Å². The second-order valence-corrected chi connectivity index (χ2v) is 6.28. The molecule has 2 aromatic carbocycles. The molecular formula is C20H13N7O2. The minimum absolute atomic E-state index is 0.0288. The zero-order chi connectivity index (χ0) is 19.8. The van der Waals surface area contributed by atoms with Gasteiger partial charge in [-0.2, -0.15) is 10.1 Å². The summed E-state index contributed by atoms with van der Waals surface area (Å²) < 4.78 is 1.44. The third kappa shape index (κ3) is 3.00. The quantitative estimate of drug-likeness (QED) is 0.493. The van der Waals surface area contributed by atoms with Crippen molar-refractivity contribution in [3.63, 3.8) is 0 Å². The van der Waals surface area contributed by atoms with Crippen LogP contribution >= 0.6 is 0 Å². The van der Waals surface area contributed by atoms with Gasteiger partial charge < -0.3 is 5.32 Å². The number of nitrogens with one attached hydrogen (secondary N) is 2. The molecule has 3 heterocycles. The molecule has 0 spiro atoms. The number of rotatable bonds is 3. The molecular weight excluding hydrogens is 370 g/mol. The van der Waals surface area contributed by atoms with E-state index in [0.717, 1.165) is 10.9 Å². The number of H-pyrrole nitrogens is 1. The average molecular weight is 383 g/mol. The highest BCUT2D eigenvalue weighted by Crippen LogP contribution is 2.25. The lowest BCUT2D eigenvalue weighted by atomic mass is 10.0. The van der Waals surface area contributed by atoms with Gasteiger partial charge >= 0.3 is 0 Å². The number of carbonyl (C=O) groups is 1. The van der Waals surface area contributed by atoms with Gasteiger partial charge in [0.05, 0.1) is 11.1 Å². The minimum atomic E-state index is -0.434. The number of carbonyl (C=O) groups excluding carboxylic acids is 1. The second kappa shape index (κ2) is 6.64.